The van der Waals surface area contributed by atoms with Crippen molar-refractivity contribution < 1.29 is 0 Å². The number of hydrogen-bond acceptors (Lipinski definition) is 0. The minimum Gasteiger partial charge on any atom is -0.0475 e. The second-order valence-corrected chi connectivity index (χ2v) is 28.3. The molecule has 0 spiro atoms. The summed E-state index contributed by atoms with van der Waals surface area (Å²) in [4.78, 5) is 0. The van der Waals surface area contributed by atoms with Gasteiger partial charge in [-0.25, -0.2) is 0 Å². The van der Waals surface area contributed by atoms with Crippen LogP contribution in [0.1, 0.15) is 66.7 Å². The Morgan fingerprint density at radius 2 is 0.343 bits per heavy atom. The molecule has 4 saturated carbocycles. The number of rotatable bonds is 1. The molecule has 0 N–H and O–H groups in total. The van der Waals surface area contributed by atoms with Crippen molar-refractivity contribution in [3.63, 3.8) is 0 Å². The quantitative estimate of drug-likeness (QED) is 0.144. The lowest BCUT2D eigenvalue weighted by molar-refractivity contribution is -0.0926. The van der Waals surface area contributed by atoms with Gasteiger partial charge in [-0.2, -0.15) is 0 Å². The zero-order chi connectivity index (χ0) is 41.0. The molecule has 0 unspecified atom stereocenters. The molecule has 28 aromatic rings. The third-order valence-corrected chi connectivity index (χ3v) is 28.0. The van der Waals surface area contributed by atoms with Crippen LogP contribution in [0, 0.1) is 23.2 Å². The molecular weight excluding hydrogens is 841 g/mol. The Labute approximate surface area is 384 Å². The molecule has 0 aliphatic heterocycles. The first kappa shape index (κ1) is 25.9. The van der Waals surface area contributed by atoms with Crippen molar-refractivity contribution in [2.45, 2.75) is 49.9 Å². The van der Waals surface area contributed by atoms with Gasteiger partial charge in [-0.05, 0) is 375 Å². The van der Waals surface area contributed by atoms with E-state index in [4.69, 9.17) is 0 Å². The van der Waals surface area contributed by atoms with Crippen LogP contribution in [-0.2, 0) is 5.41 Å². The minimum absolute atomic E-state index is 0.0334. The Bertz CT molecular complexity index is 6990. The highest BCUT2D eigenvalue weighted by Gasteiger charge is 2.72. The smallest absolute Gasteiger partial charge is 0.0394 e. The zero-order valence-corrected chi connectivity index (χ0v) is 36.6. The molecule has 0 amide bonds. The zero-order valence-electron chi connectivity index (χ0n) is 36.6. The standard InChI is InChI=1S/C70H16/c1-7-2-9-3-8(1)5-69(4-7,6-9)70-66-62-56-42-34-26-14-11-10-12-15(14)27-29-25-19(12)21-17-13(10)16-20-18(11)24-28(26)40(42)48-46-32(24)30(20)38-36-22(16)23(17)37-39-31(21)33(25)47-49-41(29)43(35(27)34)57(56)63(66)59(49)61-53(47)51(39)55-45(37)44(36)54-50(38)52(46)60(58(48)62)67(70)64(54)65(55)68(61)70/h7-9,66H,1-6H2. The van der Waals surface area contributed by atoms with Crippen LogP contribution in [0.2, 0.25) is 0 Å². The highest BCUT2D eigenvalue weighted by Crippen LogP contribution is 2.87. The fraction of sp³-hybridized carbons (Fsp3) is 0.171. The monoisotopic (exact) mass is 856 g/mol. The Balaban J connectivity index is 1.16. The van der Waals surface area contributed by atoms with Crippen molar-refractivity contribution in [1.82, 2.24) is 0 Å². The van der Waals surface area contributed by atoms with Gasteiger partial charge in [0.2, 0.25) is 0 Å². The predicted octanol–water partition coefficient (Wildman–Crippen LogP) is 19.4. The molecule has 28 aromatic carbocycles. The minimum atomic E-state index is -0.0334. The molecule has 0 heteroatoms. The summed E-state index contributed by atoms with van der Waals surface area (Å²) < 4.78 is 0. The first-order valence-corrected chi connectivity index (χ1v) is 27.6. The maximum atomic E-state index is 1.94. The molecular formula is C70H16. The van der Waals surface area contributed by atoms with Crippen molar-refractivity contribution in [1.29, 1.82) is 0 Å². The van der Waals surface area contributed by atoms with Crippen LogP contribution in [0.25, 0.3) is 291 Å². The molecule has 4 bridgehead atoms. The molecule has 4 fully saturated rings. The Kier molecular flexibility index (Phi) is 2.15. The van der Waals surface area contributed by atoms with E-state index in [2.05, 4.69) is 0 Å². The third-order valence-electron chi connectivity index (χ3n) is 28.0. The summed E-state index contributed by atoms with van der Waals surface area (Å²) >= 11 is 0. The molecule has 8 aliphatic rings. The van der Waals surface area contributed by atoms with E-state index in [1.54, 1.807) is 269 Å². The highest BCUT2D eigenvalue weighted by atomic mass is 14.7. The summed E-state index contributed by atoms with van der Waals surface area (Å²) in [6.45, 7) is 0. The fourth-order valence-electron chi connectivity index (χ4n) is 28.6. The van der Waals surface area contributed by atoms with E-state index in [1.807, 2.05) is 43.8 Å². The van der Waals surface area contributed by atoms with Gasteiger partial charge in [0.05, 0.1) is 0 Å². The lowest BCUT2D eigenvalue weighted by atomic mass is 9.36. The van der Waals surface area contributed by atoms with E-state index in [0.717, 1.165) is 17.8 Å². The van der Waals surface area contributed by atoms with E-state index in [9.17, 15) is 0 Å². The van der Waals surface area contributed by atoms with Crippen LogP contribution in [0.3, 0.4) is 0 Å². The van der Waals surface area contributed by atoms with Crippen molar-refractivity contribution in [2.75, 3.05) is 0 Å². The summed E-state index contributed by atoms with van der Waals surface area (Å²) in [6.07, 6.45) is 8.93. The normalized spacial score (nSPS) is 28.6. The number of benzene rings is 18. The molecule has 296 valence electrons. The molecule has 0 atom stereocenters. The van der Waals surface area contributed by atoms with Gasteiger partial charge in [-0.1, -0.05) is 0 Å². The Hall–Kier alpha value is -7.54. The predicted molar refractivity (Wildman–Crippen MR) is 296 cm³/mol. The topological polar surface area (TPSA) is 0 Å². The summed E-state index contributed by atoms with van der Waals surface area (Å²) in [5, 5.41) is 93.6. The molecule has 36 rings (SSSR count). The number of hydrogen-bond donors (Lipinski definition) is 0. The molecule has 0 saturated heterocycles. The lowest BCUT2D eigenvalue weighted by Gasteiger charge is -2.66. The van der Waals surface area contributed by atoms with Gasteiger partial charge in [-0.15, -0.1) is 0 Å². The lowest BCUT2D eigenvalue weighted by Crippen LogP contribution is -2.59. The van der Waals surface area contributed by atoms with E-state index >= 15 is 0 Å². The van der Waals surface area contributed by atoms with Crippen LogP contribution < -0.4 is 0 Å². The van der Waals surface area contributed by atoms with Crippen LogP contribution in [0.5, 0.6) is 0 Å². The van der Waals surface area contributed by atoms with Gasteiger partial charge in [0.1, 0.15) is 0 Å². The SMILES string of the molecule is C1C2CC3CC1CC(C14c5c6c7c8c9c%10c(c%11c%12c1c1c5c5c%13c6c6c7c7c9c9c%14c%10c%10c%11c%11c%12c%12c1c1c5c5c%13c%13c6c6c7c9c7c9c%14c%10c%10c%11c%11c%12c1c1c5c5c%13c6c7c6c9c%10c%11c1c56)C84)(C2)C3. The fourth-order valence-corrected chi connectivity index (χ4v) is 28.6. The molecule has 0 aromatic heterocycles. The van der Waals surface area contributed by atoms with Crippen LogP contribution in [-0.4, -0.2) is 0 Å². The maximum Gasteiger partial charge on any atom is 0.0394 e. The van der Waals surface area contributed by atoms with E-state index in [-0.39, 0.29) is 10.8 Å². The summed E-state index contributed by atoms with van der Waals surface area (Å²) in [7, 11) is 0. The molecule has 0 heterocycles. The first-order valence-electron chi connectivity index (χ1n) is 27.6. The van der Waals surface area contributed by atoms with Gasteiger partial charge in [0.15, 0.2) is 0 Å². The largest absolute Gasteiger partial charge is 0.0475 e. The Morgan fingerprint density at radius 3 is 0.557 bits per heavy atom. The van der Waals surface area contributed by atoms with Crippen molar-refractivity contribution in [3.8, 4) is 0 Å². The maximum absolute atomic E-state index is 1.94. The average Bonchev–Trinajstić information content (AvgIpc) is 4.29. The van der Waals surface area contributed by atoms with Gasteiger partial charge in [0.25, 0.3) is 0 Å². The van der Waals surface area contributed by atoms with E-state index in [1.165, 1.54) is 38.5 Å². The highest BCUT2D eigenvalue weighted by molar-refractivity contribution is 6.82. The first-order chi connectivity index (χ1) is 34.9. The van der Waals surface area contributed by atoms with Gasteiger partial charge >= 0.3 is 0 Å². The molecule has 70 heavy (non-hydrogen) atoms. The van der Waals surface area contributed by atoms with Crippen molar-refractivity contribution in [3.05, 3.63) is 22.3 Å². The Morgan fingerprint density at radius 1 is 0.186 bits per heavy atom. The van der Waals surface area contributed by atoms with Gasteiger partial charge in [-0.3, -0.25) is 0 Å². The summed E-state index contributed by atoms with van der Waals surface area (Å²) in [5.41, 5.74) is 7.88. The molecule has 0 nitrogen and oxygen atoms in total. The van der Waals surface area contributed by atoms with Gasteiger partial charge < -0.3 is 0 Å². The molecule has 0 radical (unpaired) electrons. The second-order valence-electron chi connectivity index (χ2n) is 28.3. The summed E-state index contributed by atoms with van der Waals surface area (Å²) in [5.74, 6) is 3.10. The van der Waals surface area contributed by atoms with E-state index in [0.29, 0.717) is 5.92 Å². The van der Waals surface area contributed by atoms with Crippen molar-refractivity contribution >= 4 is 291 Å². The summed E-state index contributed by atoms with van der Waals surface area (Å²) in [6, 6.07) is 0. The van der Waals surface area contributed by atoms with Crippen LogP contribution >= 0.6 is 0 Å². The van der Waals surface area contributed by atoms with Gasteiger partial charge in [0, 0.05) is 11.3 Å². The molecule has 8 aliphatic carbocycles. The van der Waals surface area contributed by atoms with Crippen LogP contribution in [0.15, 0.2) is 0 Å². The van der Waals surface area contributed by atoms with Crippen LogP contribution in [0.4, 0.5) is 0 Å². The van der Waals surface area contributed by atoms with Crippen molar-refractivity contribution in [2.24, 2.45) is 23.2 Å². The van der Waals surface area contributed by atoms with E-state index < -0.39 is 0 Å². The average molecular weight is 857 g/mol. The third kappa shape index (κ3) is 1.37. The second kappa shape index (κ2) is 5.82.